The number of nitrogens with one attached hydrogen (secondary N) is 1. The third kappa shape index (κ3) is 5.69. The van der Waals surface area contributed by atoms with Crippen LogP contribution in [0.15, 0.2) is 0 Å². The van der Waals surface area contributed by atoms with Crippen LogP contribution in [0.3, 0.4) is 0 Å². The van der Waals surface area contributed by atoms with E-state index >= 15 is 0 Å². The fourth-order valence-corrected chi connectivity index (χ4v) is 2.90. The van der Waals surface area contributed by atoms with Crippen molar-refractivity contribution in [3.8, 4) is 0 Å². The largest absolute Gasteiger partial charge is 0.389 e. The Morgan fingerprint density at radius 2 is 2.00 bits per heavy atom. The zero-order valence-electron chi connectivity index (χ0n) is 12.1. The first-order chi connectivity index (χ1) is 8.76. The molecule has 2 atom stereocenters. The second-order valence-corrected chi connectivity index (χ2v) is 6.04. The Kier molecular flexibility index (Phi) is 6.12. The lowest BCUT2D eigenvalue weighted by molar-refractivity contribution is -0.140. The first kappa shape index (κ1) is 16.8. The first-order valence-electron chi connectivity index (χ1n) is 7.18. The van der Waals surface area contributed by atoms with Gasteiger partial charge in [-0.1, -0.05) is 27.2 Å². The Morgan fingerprint density at radius 3 is 2.58 bits per heavy atom. The summed E-state index contributed by atoms with van der Waals surface area (Å²) in [6, 6.07) is 0.233. The van der Waals surface area contributed by atoms with E-state index in [9.17, 15) is 13.2 Å². The molecular formula is C14H26F3NO. The van der Waals surface area contributed by atoms with E-state index in [1.165, 1.54) is 0 Å². The van der Waals surface area contributed by atoms with Crippen LogP contribution in [0, 0.1) is 5.41 Å². The molecule has 1 saturated carbocycles. The zero-order chi connectivity index (χ0) is 14.5. The quantitative estimate of drug-likeness (QED) is 0.745. The first-order valence-corrected chi connectivity index (χ1v) is 7.18. The Labute approximate surface area is 114 Å². The van der Waals surface area contributed by atoms with Gasteiger partial charge in [0.15, 0.2) is 0 Å². The minimum Gasteiger partial charge on any atom is -0.377 e. The second kappa shape index (κ2) is 6.93. The van der Waals surface area contributed by atoms with Gasteiger partial charge < -0.3 is 10.1 Å². The number of halogens is 3. The van der Waals surface area contributed by atoms with E-state index in [0.717, 1.165) is 25.8 Å². The number of likely N-dealkylation sites (N-methyl/N-ethyl adjacent to an activating group) is 1. The van der Waals surface area contributed by atoms with Gasteiger partial charge in [-0.3, -0.25) is 0 Å². The maximum absolute atomic E-state index is 12.1. The molecule has 2 unspecified atom stereocenters. The molecule has 1 aliphatic carbocycles. The van der Waals surface area contributed by atoms with Crippen LogP contribution in [-0.4, -0.2) is 31.5 Å². The van der Waals surface area contributed by atoms with Gasteiger partial charge in [0, 0.05) is 19.1 Å². The number of ether oxygens (including phenoxy) is 1. The molecule has 1 fully saturated rings. The molecule has 0 saturated heterocycles. The standard InChI is InChI=1S/C14H26F3NO/c1-4-18-12-11(7-5-8-13(12,2)3)19-10-6-9-14(15,16)17/h11-12,18H,4-10H2,1-3H3. The Bertz CT molecular complexity index is 266. The fourth-order valence-electron chi connectivity index (χ4n) is 2.90. The van der Waals surface area contributed by atoms with Gasteiger partial charge in [-0.05, 0) is 31.2 Å². The predicted octanol–water partition coefficient (Wildman–Crippen LogP) is 3.90. The minimum absolute atomic E-state index is 0.0388. The molecule has 0 spiro atoms. The van der Waals surface area contributed by atoms with Crippen LogP contribution in [0.1, 0.15) is 52.9 Å². The summed E-state index contributed by atoms with van der Waals surface area (Å²) in [5.41, 5.74) is 0.142. The van der Waals surface area contributed by atoms with Crippen molar-refractivity contribution in [3.05, 3.63) is 0 Å². The van der Waals surface area contributed by atoms with E-state index in [1.54, 1.807) is 0 Å². The maximum atomic E-state index is 12.1. The van der Waals surface area contributed by atoms with Crippen molar-refractivity contribution in [1.29, 1.82) is 0 Å². The van der Waals surface area contributed by atoms with Crippen molar-refractivity contribution in [2.75, 3.05) is 13.2 Å². The van der Waals surface area contributed by atoms with Gasteiger partial charge in [-0.15, -0.1) is 0 Å². The summed E-state index contributed by atoms with van der Waals surface area (Å²) in [7, 11) is 0. The number of hydrogen-bond acceptors (Lipinski definition) is 2. The molecule has 1 aliphatic rings. The lowest BCUT2D eigenvalue weighted by atomic mass is 9.71. The summed E-state index contributed by atoms with van der Waals surface area (Å²) in [6.07, 6.45) is -1.58. The fraction of sp³-hybridized carbons (Fsp3) is 1.00. The topological polar surface area (TPSA) is 21.3 Å². The SMILES string of the molecule is CCNC1C(OCCCC(F)(F)F)CCCC1(C)C. The summed E-state index contributed by atoms with van der Waals surface area (Å²) >= 11 is 0. The van der Waals surface area contributed by atoms with Gasteiger partial charge >= 0.3 is 6.18 Å². The highest BCUT2D eigenvalue weighted by Crippen LogP contribution is 2.37. The lowest BCUT2D eigenvalue weighted by Gasteiger charge is -2.44. The average molecular weight is 281 g/mol. The van der Waals surface area contributed by atoms with Crippen LogP contribution in [0.5, 0.6) is 0 Å². The number of rotatable bonds is 6. The van der Waals surface area contributed by atoms with E-state index in [2.05, 4.69) is 19.2 Å². The second-order valence-electron chi connectivity index (χ2n) is 6.04. The summed E-state index contributed by atoms with van der Waals surface area (Å²) in [4.78, 5) is 0. The van der Waals surface area contributed by atoms with E-state index in [1.807, 2.05) is 6.92 Å². The van der Waals surface area contributed by atoms with Crippen molar-refractivity contribution < 1.29 is 17.9 Å². The molecule has 0 amide bonds. The van der Waals surface area contributed by atoms with Crippen molar-refractivity contribution in [1.82, 2.24) is 5.32 Å². The monoisotopic (exact) mass is 281 g/mol. The zero-order valence-corrected chi connectivity index (χ0v) is 12.1. The van der Waals surface area contributed by atoms with Gasteiger partial charge in [0.05, 0.1) is 6.10 Å². The third-order valence-electron chi connectivity index (χ3n) is 3.88. The maximum Gasteiger partial charge on any atom is 0.389 e. The molecule has 5 heteroatoms. The molecule has 19 heavy (non-hydrogen) atoms. The summed E-state index contributed by atoms with van der Waals surface area (Å²) in [5, 5.41) is 3.43. The van der Waals surface area contributed by atoms with Gasteiger partial charge in [0.25, 0.3) is 0 Å². The molecule has 0 aromatic carbocycles. The van der Waals surface area contributed by atoms with Crippen molar-refractivity contribution in [3.63, 3.8) is 0 Å². The molecule has 0 aromatic heterocycles. The summed E-state index contributed by atoms with van der Waals surface area (Å²) in [6.45, 7) is 7.50. The molecule has 0 radical (unpaired) electrons. The molecule has 2 nitrogen and oxygen atoms in total. The molecule has 0 aromatic rings. The lowest BCUT2D eigenvalue weighted by Crippen LogP contribution is -2.53. The van der Waals surface area contributed by atoms with Crippen molar-refractivity contribution in [2.45, 2.75) is 71.2 Å². The van der Waals surface area contributed by atoms with E-state index < -0.39 is 12.6 Å². The van der Waals surface area contributed by atoms with Crippen LogP contribution in [0.25, 0.3) is 0 Å². The smallest absolute Gasteiger partial charge is 0.377 e. The van der Waals surface area contributed by atoms with Gasteiger partial charge in [-0.2, -0.15) is 13.2 Å². The van der Waals surface area contributed by atoms with E-state index in [0.29, 0.717) is 0 Å². The Balaban J connectivity index is 2.41. The highest BCUT2D eigenvalue weighted by molar-refractivity contribution is 4.94. The molecule has 0 bridgehead atoms. The van der Waals surface area contributed by atoms with Gasteiger partial charge in [0.2, 0.25) is 0 Å². The Morgan fingerprint density at radius 1 is 1.32 bits per heavy atom. The predicted molar refractivity (Wildman–Crippen MR) is 70.1 cm³/mol. The number of alkyl halides is 3. The molecular weight excluding hydrogens is 255 g/mol. The van der Waals surface area contributed by atoms with E-state index in [-0.39, 0.29) is 30.6 Å². The van der Waals surface area contributed by atoms with Crippen LogP contribution >= 0.6 is 0 Å². The van der Waals surface area contributed by atoms with Crippen LogP contribution in [-0.2, 0) is 4.74 Å². The molecule has 0 heterocycles. The van der Waals surface area contributed by atoms with Gasteiger partial charge in [0.1, 0.15) is 0 Å². The molecule has 1 N–H and O–H groups in total. The van der Waals surface area contributed by atoms with Crippen LogP contribution in [0.2, 0.25) is 0 Å². The van der Waals surface area contributed by atoms with Gasteiger partial charge in [-0.25, -0.2) is 0 Å². The number of hydrogen-bond donors (Lipinski definition) is 1. The third-order valence-corrected chi connectivity index (χ3v) is 3.88. The molecule has 1 rings (SSSR count). The van der Waals surface area contributed by atoms with Crippen LogP contribution in [0.4, 0.5) is 13.2 Å². The normalized spacial score (nSPS) is 27.5. The minimum atomic E-state index is -4.07. The Hall–Kier alpha value is -0.290. The van der Waals surface area contributed by atoms with Crippen LogP contribution < -0.4 is 5.32 Å². The summed E-state index contributed by atoms with van der Waals surface area (Å²) < 4.78 is 41.9. The highest BCUT2D eigenvalue weighted by Gasteiger charge is 2.39. The molecule has 0 aliphatic heterocycles. The summed E-state index contributed by atoms with van der Waals surface area (Å²) in [5.74, 6) is 0. The van der Waals surface area contributed by atoms with Crippen molar-refractivity contribution >= 4 is 0 Å². The van der Waals surface area contributed by atoms with E-state index in [4.69, 9.17) is 4.74 Å². The highest BCUT2D eigenvalue weighted by atomic mass is 19.4. The average Bonchev–Trinajstić information content (AvgIpc) is 2.27. The molecule has 114 valence electrons. The van der Waals surface area contributed by atoms with Crippen molar-refractivity contribution in [2.24, 2.45) is 5.41 Å².